The quantitative estimate of drug-likeness (QED) is 0.745. The first-order chi connectivity index (χ1) is 13.3. The number of aliphatic hydroxyl groups is 1. The van der Waals surface area contributed by atoms with Gasteiger partial charge in [-0.05, 0) is 29.2 Å². The van der Waals surface area contributed by atoms with Crippen molar-refractivity contribution in [1.29, 1.82) is 5.26 Å². The van der Waals surface area contributed by atoms with Crippen LogP contribution in [-0.2, 0) is 15.8 Å². The summed E-state index contributed by atoms with van der Waals surface area (Å²) < 4.78 is 27.7. The van der Waals surface area contributed by atoms with Gasteiger partial charge in [-0.2, -0.15) is 5.26 Å². The van der Waals surface area contributed by atoms with Crippen molar-refractivity contribution in [2.24, 2.45) is 0 Å². The highest BCUT2D eigenvalue weighted by molar-refractivity contribution is 7.88. The Morgan fingerprint density at radius 2 is 1.93 bits per heavy atom. The van der Waals surface area contributed by atoms with Crippen LogP contribution in [0.15, 0.2) is 36.4 Å². The van der Waals surface area contributed by atoms with Crippen LogP contribution in [0.2, 0.25) is 0 Å². The lowest BCUT2D eigenvalue weighted by molar-refractivity contribution is 0.174. The van der Waals surface area contributed by atoms with Gasteiger partial charge >= 0.3 is 0 Å². The van der Waals surface area contributed by atoms with Crippen molar-refractivity contribution in [3.05, 3.63) is 53.2 Å². The number of β-amino-alcohol motifs (C(OH)–C–C–N with tert-alkyl or cyclic N) is 1. The molecule has 8 nitrogen and oxygen atoms in total. The number of hydrogen-bond acceptors (Lipinski definition) is 7. The average molecular weight is 401 g/mol. The van der Waals surface area contributed by atoms with Gasteiger partial charge in [0.1, 0.15) is 6.07 Å². The van der Waals surface area contributed by atoms with Gasteiger partial charge in [0.2, 0.25) is 10.0 Å². The van der Waals surface area contributed by atoms with Crippen molar-refractivity contribution < 1.29 is 13.5 Å². The number of benzene rings is 1. The molecule has 148 valence electrons. The van der Waals surface area contributed by atoms with Gasteiger partial charge in [-0.1, -0.05) is 38.1 Å². The molecule has 0 saturated carbocycles. The molecule has 1 fully saturated rings. The summed E-state index contributed by atoms with van der Waals surface area (Å²) in [4.78, 5) is 1.74. The van der Waals surface area contributed by atoms with Crippen LogP contribution in [0.5, 0.6) is 0 Å². The molecule has 28 heavy (non-hydrogen) atoms. The average Bonchev–Trinajstić information content (AvgIpc) is 3.01. The van der Waals surface area contributed by atoms with E-state index in [2.05, 4.69) is 28.8 Å². The summed E-state index contributed by atoms with van der Waals surface area (Å²) in [6, 6.07) is 11.9. The largest absolute Gasteiger partial charge is 0.390 e. The lowest BCUT2D eigenvalue weighted by Crippen LogP contribution is -2.43. The molecule has 2 atom stereocenters. The third-order valence-corrected chi connectivity index (χ3v) is 6.09. The van der Waals surface area contributed by atoms with Crippen LogP contribution < -0.4 is 9.62 Å². The standard InChI is InChI=1S/C19H23N5O3S/c1-13(2)15-5-3-14(4-6-15)12-28(26,27)23-17-10-24(11-18(17)25)19-8-7-16(9-20)21-22-19/h3-8,13,17-18,23,25H,10-12H2,1-2H3/t17-,18+/m1/s1. The normalized spacial score (nSPS) is 19.8. The maximum Gasteiger partial charge on any atom is 0.216 e. The number of nitriles is 1. The van der Waals surface area contributed by atoms with Crippen molar-refractivity contribution in [3.63, 3.8) is 0 Å². The Kier molecular flexibility index (Phi) is 5.93. The Labute approximate surface area is 164 Å². The number of anilines is 1. The van der Waals surface area contributed by atoms with Gasteiger partial charge in [-0.3, -0.25) is 0 Å². The molecule has 1 aliphatic rings. The number of nitrogens with one attached hydrogen (secondary N) is 1. The van der Waals surface area contributed by atoms with E-state index in [9.17, 15) is 13.5 Å². The first-order valence-corrected chi connectivity index (χ1v) is 10.7. The smallest absolute Gasteiger partial charge is 0.216 e. The molecule has 9 heteroatoms. The second kappa shape index (κ2) is 8.22. The highest BCUT2D eigenvalue weighted by atomic mass is 32.2. The van der Waals surface area contributed by atoms with E-state index in [0.717, 1.165) is 5.56 Å². The van der Waals surface area contributed by atoms with Crippen LogP contribution in [-0.4, -0.2) is 49.0 Å². The predicted octanol–water partition coefficient (Wildman–Crippen LogP) is 1.14. The topological polar surface area (TPSA) is 119 Å². The molecule has 0 unspecified atom stereocenters. The van der Waals surface area contributed by atoms with E-state index >= 15 is 0 Å². The molecule has 2 N–H and O–H groups in total. The van der Waals surface area contributed by atoms with E-state index in [4.69, 9.17) is 5.26 Å². The number of rotatable bonds is 6. The Morgan fingerprint density at radius 1 is 1.21 bits per heavy atom. The summed E-state index contributed by atoms with van der Waals surface area (Å²) in [5.74, 6) is 0.725. The molecule has 1 aromatic heterocycles. The van der Waals surface area contributed by atoms with Gasteiger partial charge in [0, 0.05) is 13.1 Å². The maximum atomic E-state index is 12.5. The Bertz CT molecular complexity index is 953. The van der Waals surface area contributed by atoms with E-state index in [1.54, 1.807) is 11.0 Å². The monoisotopic (exact) mass is 401 g/mol. The Balaban J connectivity index is 1.64. The SMILES string of the molecule is CC(C)c1ccc(CS(=O)(=O)N[C@@H]2CN(c3ccc(C#N)nn3)C[C@@H]2O)cc1. The summed E-state index contributed by atoms with van der Waals surface area (Å²) in [6.45, 7) is 4.67. The molecule has 2 heterocycles. The van der Waals surface area contributed by atoms with Crippen LogP contribution in [0.4, 0.5) is 5.82 Å². The molecule has 0 amide bonds. The van der Waals surface area contributed by atoms with Crippen molar-refractivity contribution in [2.45, 2.75) is 37.7 Å². The van der Waals surface area contributed by atoms with Gasteiger partial charge in [-0.15, -0.1) is 10.2 Å². The zero-order valence-electron chi connectivity index (χ0n) is 15.8. The molecule has 1 aliphatic heterocycles. The highest BCUT2D eigenvalue weighted by Crippen LogP contribution is 2.20. The fourth-order valence-electron chi connectivity index (χ4n) is 3.13. The molecular formula is C19H23N5O3S. The van der Waals surface area contributed by atoms with Gasteiger partial charge < -0.3 is 10.0 Å². The molecule has 0 spiro atoms. The summed E-state index contributed by atoms with van der Waals surface area (Å²) in [5, 5.41) is 26.8. The number of aromatic nitrogens is 2. The first-order valence-electron chi connectivity index (χ1n) is 9.03. The van der Waals surface area contributed by atoms with Gasteiger partial charge in [0.25, 0.3) is 0 Å². The fraction of sp³-hybridized carbons (Fsp3) is 0.421. The van der Waals surface area contributed by atoms with E-state index in [1.165, 1.54) is 6.07 Å². The van der Waals surface area contributed by atoms with Crippen molar-refractivity contribution >= 4 is 15.8 Å². The summed E-state index contributed by atoms with van der Waals surface area (Å²) in [6.07, 6.45) is -0.865. The van der Waals surface area contributed by atoms with Crippen LogP contribution >= 0.6 is 0 Å². The minimum Gasteiger partial charge on any atom is -0.390 e. The van der Waals surface area contributed by atoms with E-state index in [-0.39, 0.29) is 24.5 Å². The van der Waals surface area contributed by atoms with Crippen LogP contribution in [0.25, 0.3) is 0 Å². The van der Waals surface area contributed by atoms with Crippen molar-refractivity contribution in [2.75, 3.05) is 18.0 Å². The number of aliphatic hydroxyl groups excluding tert-OH is 1. The zero-order valence-corrected chi connectivity index (χ0v) is 16.6. The van der Waals surface area contributed by atoms with Crippen LogP contribution in [0.1, 0.15) is 36.6 Å². The van der Waals surface area contributed by atoms with Crippen molar-refractivity contribution in [3.8, 4) is 6.07 Å². The minimum absolute atomic E-state index is 0.148. The number of nitrogens with zero attached hydrogens (tertiary/aromatic N) is 4. The molecule has 0 radical (unpaired) electrons. The predicted molar refractivity (Wildman–Crippen MR) is 105 cm³/mol. The van der Waals surface area contributed by atoms with E-state index in [0.29, 0.717) is 17.3 Å². The molecule has 1 aromatic carbocycles. The number of hydrogen-bond donors (Lipinski definition) is 2. The summed E-state index contributed by atoms with van der Waals surface area (Å²) in [5.41, 5.74) is 2.04. The van der Waals surface area contributed by atoms with Crippen LogP contribution in [0, 0.1) is 11.3 Å². The molecule has 2 aromatic rings. The third kappa shape index (κ3) is 4.84. The molecule has 0 bridgehead atoms. The second-order valence-corrected chi connectivity index (χ2v) is 8.99. The third-order valence-electron chi connectivity index (χ3n) is 4.71. The van der Waals surface area contributed by atoms with E-state index < -0.39 is 22.2 Å². The van der Waals surface area contributed by atoms with Gasteiger partial charge in [0.05, 0.1) is 17.9 Å². The lowest BCUT2D eigenvalue weighted by Gasteiger charge is -2.17. The zero-order chi connectivity index (χ0) is 20.3. The summed E-state index contributed by atoms with van der Waals surface area (Å²) in [7, 11) is -3.62. The second-order valence-electron chi connectivity index (χ2n) is 7.24. The van der Waals surface area contributed by atoms with Crippen molar-refractivity contribution in [1.82, 2.24) is 14.9 Å². The first kappa shape index (κ1) is 20.2. The Hall–Kier alpha value is -2.54. The van der Waals surface area contributed by atoms with Gasteiger partial charge in [-0.25, -0.2) is 13.1 Å². The Morgan fingerprint density at radius 3 is 2.50 bits per heavy atom. The van der Waals surface area contributed by atoms with Crippen LogP contribution in [0.3, 0.4) is 0 Å². The molecular weight excluding hydrogens is 378 g/mol. The molecule has 1 saturated heterocycles. The van der Waals surface area contributed by atoms with Gasteiger partial charge in [0.15, 0.2) is 11.5 Å². The maximum absolute atomic E-state index is 12.5. The number of sulfonamides is 1. The molecule has 0 aliphatic carbocycles. The fourth-order valence-corrected chi connectivity index (χ4v) is 4.54. The van der Waals surface area contributed by atoms with E-state index in [1.807, 2.05) is 30.3 Å². The minimum atomic E-state index is -3.62. The lowest BCUT2D eigenvalue weighted by atomic mass is 10.0. The highest BCUT2D eigenvalue weighted by Gasteiger charge is 2.35. The molecule has 3 rings (SSSR count). The summed E-state index contributed by atoms with van der Waals surface area (Å²) >= 11 is 0.